The Morgan fingerprint density at radius 2 is 1.69 bits per heavy atom. The maximum atomic E-state index is 12.9. The molecule has 1 N–H and O–H groups in total. The molecule has 1 aromatic heterocycles. The molecule has 0 bridgehead atoms. The van der Waals surface area contributed by atoms with Gasteiger partial charge in [0.15, 0.2) is 0 Å². The van der Waals surface area contributed by atoms with Crippen molar-refractivity contribution in [2.45, 2.75) is 13.3 Å². The summed E-state index contributed by atoms with van der Waals surface area (Å²) >= 11 is 0. The lowest BCUT2D eigenvalue weighted by molar-refractivity contribution is -0.132. The van der Waals surface area contributed by atoms with Crippen LogP contribution in [0.4, 0.5) is 5.95 Å². The van der Waals surface area contributed by atoms with E-state index in [4.69, 9.17) is 0 Å². The Morgan fingerprint density at radius 1 is 1.07 bits per heavy atom. The lowest BCUT2D eigenvalue weighted by Gasteiger charge is -2.35. The Kier molecular flexibility index (Phi) is 5.69. The van der Waals surface area contributed by atoms with Crippen LogP contribution in [0.15, 0.2) is 18.5 Å². The summed E-state index contributed by atoms with van der Waals surface area (Å²) in [5, 5.41) is 10.1. The topological polar surface area (TPSA) is 93.1 Å². The second kappa shape index (κ2) is 8.23. The van der Waals surface area contributed by atoms with Crippen molar-refractivity contribution in [1.82, 2.24) is 24.7 Å². The van der Waals surface area contributed by atoms with Crippen LogP contribution in [-0.4, -0.2) is 107 Å². The number of aliphatic hydroxyl groups is 1. The molecule has 4 rings (SSSR count). The number of hydrogen-bond acceptors (Lipinski definition) is 7. The molecule has 2 atom stereocenters. The molecule has 9 heteroatoms. The molecule has 3 aliphatic rings. The molecule has 0 aliphatic carbocycles. The van der Waals surface area contributed by atoms with Gasteiger partial charge in [-0.15, -0.1) is 0 Å². The van der Waals surface area contributed by atoms with E-state index >= 15 is 0 Å². The molecule has 0 spiro atoms. The normalized spacial score (nSPS) is 27.4. The first kappa shape index (κ1) is 20.0. The zero-order valence-corrected chi connectivity index (χ0v) is 17.0. The molecule has 0 radical (unpaired) electrons. The first-order valence-electron chi connectivity index (χ1n) is 10.5. The van der Waals surface area contributed by atoms with Crippen molar-refractivity contribution in [3.8, 4) is 0 Å². The molecule has 4 heterocycles. The number of rotatable bonds is 5. The van der Waals surface area contributed by atoms with Gasteiger partial charge in [0.1, 0.15) is 0 Å². The quantitative estimate of drug-likeness (QED) is 0.695. The Morgan fingerprint density at radius 3 is 2.24 bits per heavy atom. The Labute approximate surface area is 171 Å². The van der Waals surface area contributed by atoms with Crippen LogP contribution in [0.3, 0.4) is 0 Å². The molecular formula is C20H30N6O3. The van der Waals surface area contributed by atoms with Crippen molar-refractivity contribution < 1.29 is 14.7 Å². The van der Waals surface area contributed by atoms with E-state index in [1.807, 2.05) is 16.7 Å². The first-order chi connectivity index (χ1) is 14.0. The number of carbonyl (C=O) groups is 2. The maximum Gasteiger partial charge on any atom is 0.236 e. The summed E-state index contributed by atoms with van der Waals surface area (Å²) in [7, 11) is 0. The third-order valence-corrected chi connectivity index (χ3v) is 6.65. The number of anilines is 1. The van der Waals surface area contributed by atoms with E-state index in [1.165, 1.54) is 0 Å². The van der Waals surface area contributed by atoms with Crippen molar-refractivity contribution >= 4 is 17.8 Å². The summed E-state index contributed by atoms with van der Waals surface area (Å²) < 4.78 is 0. The summed E-state index contributed by atoms with van der Waals surface area (Å²) in [4.78, 5) is 41.6. The zero-order chi connectivity index (χ0) is 20.4. The number of piperazine rings is 1. The van der Waals surface area contributed by atoms with Crippen molar-refractivity contribution in [2.75, 3.05) is 70.4 Å². The molecule has 3 saturated heterocycles. The summed E-state index contributed by atoms with van der Waals surface area (Å²) in [6, 6.07) is 1.81. The van der Waals surface area contributed by atoms with Crippen LogP contribution < -0.4 is 4.90 Å². The summed E-state index contributed by atoms with van der Waals surface area (Å²) in [5.41, 5.74) is -0.357. The van der Waals surface area contributed by atoms with Gasteiger partial charge in [0.25, 0.3) is 0 Å². The number of hydrogen-bond donors (Lipinski definition) is 1. The van der Waals surface area contributed by atoms with Gasteiger partial charge in [0.05, 0.1) is 13.2 Å². The number of aliphatic hydroxyl groups excluding tert-OH is 1. The minimum absolute atomic E-state index is 0.0185. The summed E-state index contributed by atoms with van der Waals surface area (Å²) in [6.45, 7) is 7.84. The number of nitrogens with zero attached hydrogens (tertiary/aromatic N) is 6. The van der Waals surface area contributed by atoms with Crippen molar-refractivity contribution in [3.63, 3.8) is 0 Å². The van der Waals surface area contributed by atoms with Gasteiger partial charge in [-0.05, 0) is 6.07 Å². The number of likely N-dealkylation sites (tertiary alicyclic amines) is 2. The van der Waals surface area contributed by atoms with Crippen molar-refractivity contribution in [3.05, 3.63) is 18.5 Å². The van der Waals surface area contributed by atoms with Crippen LogP contribution in [-0.2, 0) is 9.59 Å². The van der Waals surface area contributed by atoms with E-state index in [2.05, 4.69) is 19.8 Å². The Balaban J connectivity index is 1.29. The fourth-order valence-corrected chi connectivity index (χ4v) is 4.86. The van der Waals surface area contributed by atoms with E-state index in [0.29, 0.717) is 39.1 Å². The van der Waals surface area contributed by atoms with Gasteiger partial charge in [-0.1, -0.05) is 6.92 Å². The number of fused-ring (bicyclic) bond motifs is 1. The summed E-state index contributed by atoms with van der Waals surface area (Å²) in [6.07, 6.45) is 3.97. The number of amides is 2. The minimum Gasteiger partial charge on any atom is -0.396 e. The standard InChI is InChI=1S/C20H30N6O3/c1-2-17(28)25-10-16-11-26(14-20(16,13-25)15-27)18(29)12-23-6-8-24(9-7-23)19-21-4-3-5-22-19/h3-5,16,27H,2,6-15H2,1H3/t16-,20+/m1/s1. The van der Waals surface area contributed by atoms with E-state index in [-0.39, 0.29) is 29.8 Å². The van der Waals surface area contributed by atoms with Gasteiger partial charge in [-0.2, -0.15) is 0 Å². The maximum absolute atomic E-state index is 12.9. The van der Waals surface area contributed by atoms with Gasteiger partial charge in [-0.3, -0.25) is 14.5 Å². The lowest BCUT2D eigenvalue weighted by atomic mass is 9.82. The smallest absolute Gasteiger partial charge is 0.236 e. The van der Waals surface area contributed by atoms with E-state index in [1.54, 1.807) is 18.5 Å². The first-order valence-corrected chi connectivity index (χ1v) is 10.5. The average Bonchev–Trinajstić information content (AvgIpc) is 3.29. The van der Waals surface area contributed by atoms with Crippen LogP contribution in [0.1, 0.15) is 13.3 Å². The largest absolute Gasteiger partial charge is 0.396 e. The van der Waals surface area contributed by atoms with Crippen LogP contribution in [0.5, 0.6) is 0 Å². The van der Waals surface area contributed by atoms with Gasteiger partial charge >= 0.3 is 0 Å². The fourth-order valence-electron chi connectivity index (χ4n) is 4.86. The fraction of sp³-hybridized carbons (Fsp3) is 0.700. The predicted molar refractivity (Wildman–Crippen MR) is 107 cm³/mol. The van der Waals surface area contributed by atoms with Crippen LogP contribution in [0.2, 0.25) is 0 Å². The highest BCUT2D eigenvalue weighted by Crippen LogP contribution is 2.42. The second-order valence-corrected chi connectivity index (χ2v) is 8.43. The molecule has 9 nitrogen and oxygen atoms in total. The molecule has 3 aliphatic heterocycles. The van der Waals surface area contributed by atoms with Crippen LogP contribution >= 0.6 is 0 Å². The van der Waals surface area contributed by atoms with Gasteiger partial charge in [-0.25, -0.2) is 9.97 Å². The lowest BCUT2D eigenvalue weighted by Crippen LogP contribution is -2.50. The van der Waals surface area contributed by atoms with Gasteiger partial charge in [0.2, 0.25) is 17.8 Å². The van der Waals surface area contributed by atoms with Gasteiger partial charge in [0, 0.05) is 82.5 Å². The Bertz CT molecular complexity index is 739. The molecule has 0 aromatic carbocycles. The van der Waals surface area contributed by atoms with E-state index in [0.717, 1.165) is 32.1 Å². The molecule has 29 heavy (non-hydrogen) atoms. The third kappa shape index (κ3) is 3.93. The molecule has 158 valence electrons. The predicted octanol–water partition coefficient (Wildman–Crippen LogP) is -0.712. The second-order valence-electron chi connectivity index (χ2n) is 8.43. The van der Waals surface area contributed by atoms with E-state index < -0.39 is 0 Å². The van der Waals surface area contributed by atoms with Crippen LogP contribution in [0.25, 0.3) is 0 Å². The molecule has 0 unspecified atom stereocenters. The van der Waals surface area contributed by atoms with Crippen molar-refractivity contribution in [2.24, 2.45) is 11.3 Å². The number of carbonyl (C=O) groups excluding carboxylic acids is 2. The molecular weight excluding hydrogens is 372 g/mol. The molecule has 1 aromatic rings. The molecule has 2 amide bonds. The molecule has 0 saturated carbocycles. The molecule has 3 fully saturated rings. The van der Waals surface area contributed by atoms with Gasteiger partial charge < -0.3 is 19.8 Å². The Hall–Kier alpha value is -2.26. The average molecular weight is 402 g/mol. The monoisotopic (exact) mass is 402 g/mol. The SMILES string of the molecule is CCC(=O)N1C[C@@H]2CN(C(=O)CN3CCN(c4ncccn4)CC3)C[C@]2(CO)C1. The minimum atomic E-state index is -0.357. The van der Waals surface area contributed by atoms with Crippen LogP contribution in [0, 0.1) is 11.3 Å². The number of aromatic nitrogens is 2. The zero-order valence-electron chi connectivity index (χ0n) is 17.0. The highest BCUT2D eigenvalue weighted by molar-refractivity contribution is 5.79. The van der Waals surface area contributed by atoms with Crippen molar-refractivity contribution in [1.29, 1.82) is 0 Å². The highest BCUT2D eigenvalue weighted by atomic mass is 16.3. The third-order valence-electron chi connectivity index (χ3n) is 6.65. The van der Waals surface area contributed by atoms with E-state index in [9.17, 15) is 14.7 Å². The summed E-state index contributed by atoms with van der Waals surface area (Å²) in [5.74, 6) is 1.15. The highest BCUT2D eigenvalue weighted by Gasteiger charge is 2.53.